The van der Waals surface area contributed by atoms with Gasteiger partial charge in [0.25, 0.3) is 0 Å². The average Bonchev–Trinajstić information content (AvgIpc) is 3.18. The standard InChI is InChI=1S/C24H27FN4O3/c1-28(2)8-4-5-24(31)29(3)16-11-18(12-16)32-23-10-15(9-22-20(23)14-26-27-22)19-7-6-17(30)13-21(19)25/h4-7,9-10,13-14,16,18,30H,8,11-12H2,1-3H3,(H,26,27)/b5-4+/t16-,18-. The first-order valence-corrected chi connectivity index (χ1v) is 10.5. The number of aromatic nitrogens is 2. The first-order chi connectivity index (χ1) is 15.3. The Morgan fingerprint density at radius 1 is 1.28 bits per heavy atom. The number of amides is 1. The first kappa shape index (κ1) is 21.8. The lowest BCUT2D eigenvalue weighted by atomic mass is 9.88. The van der Waals surface area contributed by atoms with E-state index in [0.717, 1.165) is 29.8 Å². The number of benzene rings is 2. The Hall–Kier alpha value is -3.39. The molecule has 8 heteroatoms. The van der Waals surface area contributed by atoms with E-state index in [0.29, 0.717) is 23.4 Å². The third-order valence-electron chi connectivity index (χ3n) is 5.77. The Morgan fingerprint density at radius 2 is 2.06 bits per heavy atom. The predicted molar refractivity (Wildman–Crippen MR) is 121 cm³/mol. The molecule has 0 bridgehead atoms. The number of carbonyl (C=O) groups is 1. The number of phenolic OH excluding ortho intramolecular Hbond substituents is 1. The molecule has 0 atom stereocenters. The fraction of sp³-hybridized carbons (Fsp3) is 0.333. The molecular weight excluding hydrogens is 411 g/mol. The molecule has 7 nitrogen and oxygen atoms in total. The van der Waals surface area contributed by atoms with Crippen molar-refractivity contribution >= 4 is 16.8 Å². The van der Waals surface area contributed by atoms with Gasteiger partial charge in [-0.15, -0.1) is 0 Å². The minimum absolute atomic E-state index is 0.0164. The number of rotatable bonds is 7. The molecule has 2 N–H and O–H groups in total. The highest BCUT2D eigenvalue weighted by atomic mass is 19.1. The lowest BCUT2D eigenvalue weighted by Gasteiger charge is -2.40. The third-order valence-corrected chi connectivity index (χ3v) is 5.77. The molecule has 1 aliphatic rings. The monoisotopic (exact) mass is 438 g/mol. The van der Waals surface area contributed by atoms with E-state index >= 15 is 0 Å². The number of H-pyrrole nitrogens is 1. The van der Waals surface area contributed by atoms with Gasteiger partial charge in [-0.05, 0) is 43.9 Å². The lowest BCUT2D eigenvalue weighted by Crippen LogP contribution is -2.49. The fourth-order valence-electron chi connectivity index (χ4n) is 3.80. The van der Waals surface area contributed by atoms with E-state index in [4.69, 9.17) is 4.74 Å². The molecule has 2 aromatic carbocycles. The van der Waals surface area contributed by atoms with E-state index in [1.807, 2.05) is 32.1 Å². The second kappa shape index (κ2) is 9.00. The summed E-state index contributed by atoms with van der Waals surface area (Å²) in [5, 5.41) is 17.3. The van der Waals surface area contributed by atoms with Crippen LogP contribution in [0.15, 0.2) is 48.7 Å². The van der Waals surface area contributed by atoms with Crippen LogP contribution in [0.1, 0.15) is 12.8 Å². The van der Waals surface area contributed by atoms with Crippen LogP contribution in [0.5, 0.6) is 11.5 Å². The number of nitrogens with zero attached hydrogens (tertiary/aromatic N) is 3. The van der Waals surface area contributed by atoms with Crippen LogP contribution in [0.3, 0.4) is 0 Å². The van der Waals surface area contributed by atoms with E-state index in [2.05, 4.69) is 10.2 Å². The van der Waals surface area contributed by atoms with Gasteiger partial charge in [-0.3, -0.25) is 9.89 Å². The van der Waals surface area contributed by atoms with Crippen LogP contribution in [0.4, 0.5) is 4.39 Å². The Kier molecular flexibility index (Phi) is 6.14. The van der Waals surface area contributed by atoms with Crippen LogP contribution >= 0.6 is 0 Å². The molecule has 1 aliphatic carbocycles. The number of ether oxygens (including phenoxy) is 1. The summed E-state index contributed by atoms with van der Waals surface area (Å²) in [4.78, 5) is 16.1. The van der Waals surface area contributed by atoms with E-state index in [1.165, 1.54) is 12.1 Å². The molecule has 168 valence electrons. The van der Waals surface area contributed by atoms with Crippen molar-refractivity contribution in [3.63, 3.8) is 0 Å². The zero-order valence-corrected chi connectivity index (χ0v) is 18.4. The Morgan fingerprint density at radius 3 is 2.78 bits per heavy atom. The van der Waals surface area contributed by atoms with Gasteiger partial charge in [-0.1, -0.05) is 6.08 Å². The number of aromatic hydroxyl groups is 1. The van der Waals surface area contributed by atoms with E-state index in [-0.39, 0.29) is 23.8 Å². The van der Waals surface area contributed by atoms with Gasteiger partial charge in [0.2, 0.25) is 5.91 Å². The van der Waals surface area contributed by atoms with Crippen molar-refractivity contribution in [3.8, 4) is 22.6 Å². The summed E-state index contributed by atoms with van der Waals surface area (Å²) in [6.07, 6.45) is 6.55. The second-order valence-electron chi connectivity index (χ2n) is 8.45. The molecule has 0 saturated heterocycles. The molecule has 32 heavy (non-hydrogen) atoms. The lowest BCUT2D eigenvalue weighted by molar-refractivity contribution is -0.130. The molecule has 1 heterocycles. The summed E-state index contributed by atoms with van der Waals surface area (Å²) in [5.74, 6) is -0.0404. The highest BCUT2D eigenvalue weighted by Gasteiger charge is 2.35. The van der Waals surface area contributed by atoms with E-state index in [9.17, 15) is 14.3 Å². The van der Waals surface area contributed by atoms with Crippen LogP contribution in [-0.4, -0.2) is 70.8 Å². The first-order valence-electron chi connectivity index (χ1n) is 10.5. The summed E-state index contributed by atoms with van der Waals surface area (Å²) >= 11 is 0. The minimum Gasteiger partial charge on any atom is -0.508 e. The molecule has 0 radical (unpaired) electrons. The van der Waals surface area contributed by atoms with E-state index in [1.54, 1.807) is 29.3 Å². The SMILES string of the molecule is CN(C)C/C=C/C(=O)N(C)[C@H]1C[C@H](Oc2cc(-c3ccc(O)cc3F)cc3[nH]ncc23)C1. The van der Waals surface area contributed by atoms with Gasteiger partial charge in [0.1, 0.15) is 23.4 Å². The van der Waals surface area contributed by atoms with Crippen molar-refractivity contribution in [2.75, 3.05) is 27.7 Å². The largest absolute Gasteiger partial charge is 0.508 e. The van der Waals surface area contributed by atoms with Gasteiger partial charge in [0.15, 0.2) is 0 Å². The topological polar surface area (TPSA) is 81.7 Å². The molecule has 4 rings (SSSR count). The van der Waals surface area contributed by atoms with Gasteiger partial charge in [-0.2, -0.15) is 5.10 Å². The van der Waals surface area contributed by atoms with E-state index < -0.39 is 5.82 Å². The maximum absolute atomic E-state index is 14.4. The van der Waals surface area contributed by atoms with Crippen molar-refractivity contribution in [2.45, 2.75) is 25.0 Å². The number of phenols is 1. The van der Waals surface area contributed by atoms with Crippen LogP contribution in [-0.2, 0) is 4.79 Å². The molecule has 1 aromatic heterocycles. The summed E-state index contributed by atoms with van der Waals surface area (Å²) < 4.78 is 20.6. The Bertz CT molecular complexity index is 1150. The van der Waals surface area contributed by atoms with Crippen molar-refractivity contribution in [1.82, 2.24) is 20.0 Å². The molecular formula is C24H27FN4O3. The van der Waals surface area contributed by atoms with Crippen molar-refractivity contribution in [1.29, 1.82) is 0 Å². The fourth-order valence-corrected chi connectivity index (χ4v) is 3.80. The number of fused-ring (bicyclic) bond motifs is 1. The Balaban J connectivity index is 1.46. The van der Waals surface area contributed by atoms with Crippen LogP contribution < -0.4 is 4.74 Å². The highest BCUT2D eigenvalue weighted by Crippen LogP contribution is 2.37. The maximum Gasteiger partial charge on any atom is 0.246 e. The van der Waals surface area contributed by atoms with Crippen LogP contribution in [0.25, 0.3) is 22.0 Å². The van der Waals surface area contributed by atoms with Crippen LogP contribution in [0.2, 0.25) is 0 Å². The molecule has 3 aromatic rings. The smallest absolute Gasteiger partial charge is 0.246 e. The third kappa shape index (κ3) is 4.60. The maximum atomic E-state index is 14.4. The number of hydrogen-bond donors (Lipinski definition) is 2. The molecule has 0 spiro atoms. The number of halogens is 1. The average molecular weight is 439 g/mol. The summed E-state index contributed by atoms with van der Waals surface area (Å²) in [6.45, 7) is 0.717. The second-order valence-corrected chi connectivity index (χ2v) is 8.45. The van der Waals surface area contributed by atoms with Gasteiger partial charge in [0.05, 0.1) is 17.1 Å². The van der Waals surface area contributed by atoms with Crippen molar-refractivity contribution in [3.05, 3.63) is 54.5 Å². The number of carbonyl (C=O) groups excluding carboxylic acids is 1. The highest BCUT2D eigenvalue weighted by molar-refractivity contribution is 5.90. The Labute approximate surface area is 186 Å². The van der Waals surface area contributed by atoms with Gasteiger partial charge in [0, 0.05) is 50.2 Å². The predicted octanol–water partition coefficient (Wildman–Crippen LogP) is 3.56. The number of aromatic amines is 1. The molecule has 1 saturated carbocycles. The summed E-state index contributed by atoms with van der Waals surface area (Å²) in [5.41, 5.74) is 1.73. The van der Waals surface area contributed by atoms with Crippen molar-refractivity contribution < 1.29 is 19.0 Å². The molecule has 0 aliphatic heterocycles. The number of nitrogens with one attached hydrogen (secondary N) is 1. The summed E-state index contributed by atoms with van der Waals surface area (Å²) in [7, 11) is 5.72. The quantitative estimate of drug-likeness (QED) is 0.552. The van der Waals surface area contributed by atoms with Gasteiger partial charge < -0.3 is 19.6 Å². The molecule has 0 unspecified atom stereocenters. The zero-order valence-electron chi connectivity index (χ0n) is 18.4. The minimum atomic E-state index is -0.513. The van der Waals surface area contributed by atoms with Crippen molar-refractivity contribution in [2.24, 2.45) is 0 Å². The normalized spacial score (nSPS) is 18.3. The molecule has 1 fully saturated rings. The van der Waals surface area contributed by atoms with Crippen LogP contribution in [0, 0.1) is 5.82 Å². The molecule has 1 amide bonds. The van der Waals surface area contributed by atoms with Gasteiger partial charge >= 0.3 is 0 Å². The number of likely N-dealkylation sites (N-methyl/N-ethyl adjacent to an activating group) is 2. The summed E-state index contributed by atoms with van der Waals surface area (Å²) in [6, 6.07) is 7.79. The number of hydrogen-bond acceptors (Lipinski definition) is 5. The van der Waals surface area contributed by atoms with Gasteiger partial charge in [-0.25, -0.2) is 4.39 Å². The zero-order chi connectivity index (χ0) is 22.8.